The van der Waals surface area contributed by atoms with Crippen LogP contribution in [0.4, 0.5) is 0 Å². The van der Waals surface area contributed by atoms with Gasteiger partial charge in [0.25, 0.3) is 0 Å². The highest BCUT2D eigenvalue weighted by atomic mass is 16.2. The largest absolute Gasteiger partial charge is 0.370 e. The Labute approximate surface area is 532 Å². The van der Waals surface area contributed by atoms with Crippen LogP contribution in [-0.2, 0) is 43.2 Å². The molecule has 0 spiro atoms. The van der Waals surface area contributed by atoms with Gasteiger partial charge in [-0.3, -0.25) is 73.1 Å². The third-order valence-electron chi connectivity index (χ3n) is 13.2. The van der Waals surface area contributed by atoms with Crippen LogP contribution in [0.25, 0.3) is 0 Å². The number of carbonyl (C=O) groups excluding carboxylic acids is 9. The van der Waals surface area contributed by atoms with Crippen molar-refractivity contribution >= 4 is 88.9 Å². The number of amides is 9. The summed E-state index contributed by atoms with van der Waals surface area (Å²) in [5, 5.41) is 21.6. The molecule has 9 amide bonds. The van der Waals surface area contributed by atoms with Crippen LogP contribution in [-0.4, -0.2) is 183 Å². The molecule has 0 aliphatic rings. The predicted molar refractivity (Wildman–Crippen MR) is 350 cm³/mol. The van der Waals surface area contributed by atoms with E-state index in [2.05, 4.69) is 72.5 Å². The maximum atomic E-state index is 14.7. The van der Waals surface area contributed by atoms with Crippen molar-refractivity contribution in [3.8, 4) is 0 Å². The number of nitrogens with zero attached hydrogens (tertiary/aromatic N) is 6. The van der Waals surface area contributed by atoms with Crippen molar-refractivity contribution in [2.24, 2.45) is 128 Å². The minimum atomic E-state index is -1.42. The quantitative estimate of drug-likeness (QED) is 0.0153. The molecule has 0 radical (unpaired) electrons. The molecule has 37 nitrogen and oxygen atoms in total. The second kappa shape index (κ2) is 45.1. The minimum absolute atomic E-state index is 0.00824. The SMILES string of the molecule is CC(C)C[C@H](NC(=O)[C@H](CCCN=C(N)N)NC(=O)[C@H](CCCN=C(N)N)NC(=O)[C@H](CC(C)C)NC(=O)[C@H](CC(C)C)NC(=O)[C@H](CCCN=C(N)N)NC(=O)[C@@H](N)CCCN=C(N)N)C(=O)N[C@@H](CCCN=C(N)N)C(=O)N[C@@H](CCCN=C(N)N)C(N)=O. The van der Waals surface area contributed by atoms with Gasteiger partial charge in [0.15, 0.2) is 35.8 Å². The monoisotopic (exact) mass is 1290 g/mol. The fourth-order valence-electron chi connectivity index (χ4n) is 8.82. The van der Waals surface area contributed by atoms with Gasteiger partial charge in [-0.1, -0.05) is 41.5 Å². The van der Waals surface area contributed by atoms with E-state index in [0.29, 0.717) is 6.42 Å². The normalized spacial score (nSPS) is 13.9. The summed E-state index contributed by atoms with van der Waals surface area (Å²) < 4.78 is 0. The molecule has 0 rings (SSSR count). The maximum absolute atomic E-state index is 14.7. The van der Waals surface area contributed by atoms with E-state index in [1.807, 2.05) is 13.8 Å². The summed E-state index contributed by atoms with van der Waals surface area (Å²) in [7, 11) is 0. The van der Waals surface area contributed by atoms with Crippen LogP contribution in [0.15, 0.2) is 30.0 Å². The van der Waals surface area contributed by atoms with Crippen molar-refractivity contribution in [3.63, 3.8) is 0 Å². The summed E-state index contributed by atoms with van der Waals surface area (Å²) in [5.74, 6) is -9.03. The summed E-state index contributed by atoms with van der Waals surface area (Å²) >= 11 is 0. The summed E-state index contributed by atoms with van der Waals surface area (Å²) in [6.07, 6.45) is 1.35. The average molecular weight is 1290 g/mol. The van der Waals surface area contributed by atoms with Gasteiger partial charge in [-0.25, -0.2) is 0 Å². The summed E-state index contributed by atoms with van der Waals surface area (Å²) in [6, 6.07) is -11.5. The second-order valence-corrected chi connectivity index (χ2v) is 23.1. The van der Waals surface area contributed by atoms with Gasteiger partial charge in [0.1, 0.15) is 48.3 Å². The van der Waals surface area contributed by atoms with E-state index in [9.17, 15) is 43.2 Å². The molecule has 0 bridgehead atoms. The Morgan fingerprint density at radius 2 is 0.440 bits per heavy atom. The van der Waals surface area contributed by atoms with Crippen LogP contribution in [0.1, 0.15) is 138 Å². The minimum Gasteiger partial charge on any atom is -0.370 e. The number of nitrogens with two attached hydrogens (primary N) is 14. The number of guanidine groups is 6. The Bertz CT molecular complexity index is 2480. The Morgan fingerprint density at radius 1 is 0.264 bits per heavy atom. The lowest BCUT2D eigenvalue weighted by molar-refractivity contribution is -0.136. The fraction of sp³-hybridized carbons (Fsp3) is 0.722. The van der Waals surface area contributed by atoms with Gasteiger partial charge >= 0.3 is 0 Å². The Kier molecular flexibility index (Phi) is 40.6. The molecule has 0 fully saturated rings. The number of hydrogen-bond donors (Lipinski definition) is 22. The number of nitrogens with one attached hydrogen (secondary N) is 8. The molecule has 0 aliphatic heterocycles. The third kappa shape index (κ3) is 39.4. The molecule has 0 saturated heterocycles. The molecule has 0 aromatic heterocycles. The molecule has 518 valence electrons. The Balaban J connectivity index is 7.25. The van der Waals surface area contributed by atoms with Gasteiger partial charge in [0.05, 0.1) is 6.04 Å². The van der Waals surface area contributed by atoms with E-state index in [0.717, 1.165) is 0 Å². The molecule has 0 aliphatic carbocycles. The molecular weight excluding hydrogens is 1180 g/mol. The van der Waals surface area contributed by atoms with E-state index in [1.54, 1.807) is 27.7 Å². The zero-order valence-electron chi connectivity index (χ0n) is 53.7. The molecule has 0 aromatic rings. The molecule has 36 N–H and O–H groups in total. The summed E-state index contributed by atoms with van der Waals surface area (Å²) in [5.41, 5.74) is 77.8. The van der Waals surface area contributed by atoms with Gasteiger partial charge in [-0.05, 0) is 114 Å². The first-order chi connectivity index (χ1) is 42.6. The Morgan fingerprint density at radius 3 is 0.648 bits per heavy atom. The number of carbonyl (C=O) groups is 9. The van der Waals surface area contributed by atoms with E-state index in [1.165, 1.54) is 0 Å². The van der Waals surface area contributed by atoms with E-state index in [4.69, 9.17) is 80.3 Å². The van der Waals surface area contributed by atoms with Crippen LogP contribution in [0.5, 0.6) is 0 Å². The zero-order chi connectivity index (χ0) is 69.3. The Hall–Kier alpha value is -9.19. The van der Waals surface area contributed by atoms with Crippen LogP contribution < -0.4 is 123 Å². The van der Waals surface area contributed by atoms with Gasteiger partial charge in [0, 0.05) is 39.3 Å². The van der Waals surface area contributed by atoms with Crippen molar-refractivity contribution in [2.45, 2.75) is 192 Å². The number of hydrogen-bond acceptors (Lipinski definition) is 16. The topological polar surface area (TPSA) is 688 Å². The van der Waals surface area contributed by atoms with Crippen LogP contribution in [0.3, 0.4) is 0 Å². The lowest BCUT2D eigenvalue weighted by atomic mass is 9.99. The number of rotatable bonds is 47. The van der Waals surface area contributed by atoms with Crippen molar-refractivity contribution < 1.29 is 43.2 Å². The van der Waals surface area contributed by atoms with Crippen LogP contribution in [0, 0.1) is 17.8 Å². The van der Waals surface area contributed by atoms with E-state index < -0.39 is 108 Å². The molecule has 0 aromatic carbocycles. The first-order valence-corrected chi connectivity index (χ1v) is 30.4. The predicted octanol–water partition coefficient (Wildman–Crippen LogP) is -7.86. The highest BCUT2D eigenvalue weighted by molar-refractivity contribution is 5.98. The highest BCUT2D eigenvalue weighted by Crippen LogP contribution is 2.14. The zero-order valence-corrected chi connectivity index (χ0v) is 53.7. The standard InChI is InChI=1S/C54H108N28O9/c1-28(2)25-37(46(89)78-34(16-10-22-72-52(63)64)42(85)75-32(40(56)83)14-8-20-70-50(59)60)80-45(88)36(18-12-24-74-54(67)68)77-43(86)35(17-11-23-73-53(65)66)79-47(90)38(26-29(3)4)82-48(91)39(27-30(5)6)81-44(87)33(15-9-21-71-51(61)62)76-41(84)31(55)13-7-19-69-49(57)58/h28-39H,7-27,55H2,1-6H3,(H2,56,83)(H,75,85)(H,76,84)(H,77,86)(H,78,89)(H,79,90)(H,80,88)(H,81,87)(H,82,91)(H4,57,58,69)(H4,59,60,70)(H4,61,62,71)(H4,63,64,72)(H4,65,66,73)(H4,67,68,74)/t31-,32-,33-,34-,35-,36-,37-,38-,39-/m0/s1. The highest BCUT2D eigenvalue weighted by Gasteiger charge is 2.36. The van der Waals surface area contributed by atoms with Gasteiger partial charge in [-0.15, -0.1) is 0 Å². The lowest BCUT2D eigenvalue weighted by Gasteiger charge is -2.29. The van der Waals surface area contributed by atoms with E-state index >= 15 is 0 Å². The first-order valence-electron chi connectivity index (χ1n) is 30.4. The lowest BCUT2D eigenvalue weighted by Crippen LogP contribution is -2.60. The van der Waals surface area contributed by atoms with Crippen molar-refractivity contribution in [3.05, 3.63) is 0 Å². The van der Waals surface area contributed by atoms with Gasteiger partial charge in [0.2, 0.25) is 53.2 Å². The van der Waals surface area contributed by atoms with Crippen molar-refractivity contribution in [2.75, 3.05) is 39.3 Å². The third-order valence-corrected chi connectivity index (χ3v) is 13.2. The maximum Gasteiger partial charge on any atom is 0.243 e. The molecular formula is C54H108N28O9. The van der Waals surface area contributed by atoms with Gasteiger partial charge in [-0.2, -0.15) is 0 Å². The fourth-order valence-corrected chi connectivity index (χ4v) is 8.82. The van der Waals surface area contributed by atoms with Crippen molar-refractivity contribution in [1.29, 1.82) is 0 Å². The van der Waals surface area contributed by atoms with Crippen LogP contribution in [0.2, 0.25) is 0 Å². The molecule has 37 heteroatoms. The number of aliphatic imine (C=N–C) groups is 6. The summed E-state index contributed by atoms with van der Waals surface area (Å²) in [4.78, 5) is 150. The average Bonchev–Trinajstić information content (AvgIpc) is 1.02. The molecule has 0 unspecified atom stereocenters. The molecule has 0 heterocycles. The van der Waals surface area contributed by atoms with Crippen molar-refractivity contribution in [1.82, 2.24) is 42.5 Å². The molecule has 9 atom stereocenters. The number of primary amides is 1. The molecule has 0 saturated carbocycles. The first kappa shape index (κ1) is 81.8. The second-order valence-electron chi connectivity index (χ2n) is 23.1. The summed E-state index contributed by atoms with van der Waals surface area (Å²) in [6.45, 7) is 11.3. The van der Waals surface area contributed by atoms with E-state index in [-0.39, 0.29) is 183 Å². The smallest absolute Gasteiger partial charge is 0.243 e. The molecule has 91 heavy (non-hydrogen) atoms. The van der Waals surface area contributed by atoms with Crippen LogP contribution >= 0.6 is 0 Å². The van der Waals surface area contributed by atoms with Gasteiger partial charge < -0.3 is 123 Å².